The van der Waals surface area contributed by atoms with Crippen LogP contribution in [-0.4, -0.2) is 50.6 Å². The van der Waals surface area contributed by atoms with E-state index in [4.69, 9.17) is 4.74 Å². The minimum atomic E-state index is 0.00145. The summed E-state index contributed by atoms with van der Waals surface area (Å²) >= 11 is 0. The molecule has 1 saturated heterocycles. The van der Waals surface area contributed by atoms with Crippen LogP contribution in [0.5, 0.6) is 5.75 Å². The fourth-order valence-electron chi connectivity index (χ4n) is 2.67. The van der Waals surface area contributed by atoms with Crippen LogP contribution < -0.4 is 15.4 Å². The van der Waals surface area contributed by atoms with Crippen molar-refractivity contribution >= 4 is 11.6 Å². The first-order chi connectivity index (χ1) is 10.2. The lowest BCUT2D eigenvalue weighted by molar-refractivity contribution is -0.117. The van der Waals surface area contributed by atoms with Crippen LogP contribution in [0.2, 0.25) is 0 Å². The van der Waals surface area contributed by atoms with Gasteiger partial charge in [-0.1, -0.05) is 12.5 Å². The molecule has 0 saturated carbocycles. The number of amides is 1. The molecule has 1 atom stereocenters. The first kappa shape index (κ1) is 15.8. The normalized spacial score (nSPS) is 18.5. The summed E-state index contributed by atoms with van der Waals surface area (Å²) in [5.41, 5.74) is 0.767. The second-order valence-corrected chi connectivity index (χ2v) is 5.62. The fourth-order valence-corrected chi connectivity index (χ4v) is 2.67. The van der Waals surface area contributed by atoms with Crippen molar-refractivity contribution in [1.82, 2.24) is 10.2 Å². The number of likely N-dealkylation sites (N-methyl/N-ethyl adjacent to an activating group) is 1. The molecule has 1 amide bonds. The molecule has 0 bridgehead atoms. The number of benzene rings is 1. The Kier molecular flexibility index (Phi) is 6.02. The molecule has 2 rings (SSSR count). The topological polar surface area (TPSA) is 53.6 Å². The molecule has 5 heteroatoms. The van der Waals surface area contributed by atoms with E-state index in [0.717, 1.165) is 24.5 Å². The van der Waals surface area contributed by atoms with Gasteiger partial charge in [0.15, 0.2) is 0 Å². The zero-order chi connectivity index (χ0) is 15.1. The SMILES string of the molecule is COc1cccc(NC(=O)CN(C)CC2CCCCN2)c1. The van der Waals surface area contributed by atoms with Gasteiger partial charge < -0.3 is 15.4 Å². The quantitative estimate of drug-likeness (QED) is 0.838. The van der Waals surface area contributed by atoms with E-state index < -0.39 is 0 Å². The molecule has 0 aromatic heterocycles. The van der Waals surface area contributed by atoms with Crippen molar-refractivity contribution in [3.8, 4) is 5.75 Å². The van der Waals surface area contributed by atoms with Gasteiger partial charge in [0, 0.05) is 24.3 Å². The van der Waals surface area contributed by atoms with Crippen LogP contribution in [0.1, 0.15) is 19.3 Å². The van der Waals surface area contributed by atoms with E-state index in [0.29, 0.717) is 12.6 Å². The van der Waals surface area contributed by atoms with Crippen molar-refractivity contribution < 1.29 is 9.53 Å². The minimum Gasteiger partial charge on any atom is -0.497 e. The van der Waals surface area contributed by atoms with Crippen LogP contribution in [0.3, 0.4) is 0 Å². The maximum absolute atomic E-state index is 12.1. The van der Waals surface area contributed by atoms with E-state index in [-0.39, 0.29) is 5.91 Å². The van der Waals surface area contributed by atoms with Crippen molar-refractivity contribution in [2.75, 3.05) is 39.1 Å². The molecule has 2 N–H and O–H groups in total. The predicted octanol–water partition coefficient (Wildman–Crippen LogP) is 1.71. The number of rotatable bonds is 6. The number of hydrogen-bond acceptors (Lipinski definition) is 4. The molecule has 1 aliphatic rings. The highest BCUT2D eigenvalue weighted by Crippen LogP contribution is 2.16. The van der Waals surface area contributed by atoms with Crippen LogP contribution in [0.25, 0.3) is 0 Å². The Labute approximate surface area is 126 Å². The van der Waals surface area contributed by atoms with Gasteiger partial charge in [-0.05, 0) is 38.6 Å². The summed E-state index contributed by atoms with van der Waals surface area (Å²) in [7, 11) is 3.60. The molecular weight excluding hydrogens is 266 g/mol. The molecule has 21 heavy (non-hydrogen) atoms. The summed E-state index contributed by atoms with van der Waals surface area (Å²) in [5.74, 6) is 0.745. The number of methoxy groups -OCH3 is 1. The average molecular weight is 291 g/mol. The third-order valence-corrected chi connectivity index (χ3v) is 3.71. The van der Waals surface area contributed by atoms with E-state index in [2.05, 4.69) is 15.5 Å². The second-order valence-electron chi connectivity index (χ2n) is 5.62. The molecule has 1 heterocycles. The van der Waals surface area contributed by atoms with Gasteiger partial charge >= 0.3 is 0 Å². The first-order valence-corrected chi connectivity index (χ1v) is 7.53. The smallest absolute Gasteiger partial charge is 0.238 e. The molecular formula is C16H25N3O2. The highest BCUT2D eigenvalue weighted by molar-refractivity contribution is 5.92. The van der Waals surface area contributed by atoms with E-state index in [1.165, 1.54) is 19.3 Å². The summed E-state index contributed by atoms with van der Waals surface area (Å²) < 4.78 is 5.15. The second kappa shape index (κ2) is 8.00. The van der Waals surface area contributed by atoms with Gasteiger partial charge in [-0.25, -0.2) is 0 Å². The van der Waals surface area contributed by atoms with Crippen LogP contribution in [0.15, 0.2) is 24.3 Å². The minimum absolute atomic E-state index is 0.00145. The molecule has 1 aliphatic heterocycles. The average Bonchev–Trinajstić information content (AvgIpc) is 2.48. The number of piperidine rings is 1. The molecule has 1 aromatic carbocycles. The fraction of sp³-hybridized carbons (Fsp3) is 0.562. The van der Waals surface area contributed by atoms with Crippen LogP contribution in [0.4, 0.5) is 5.69 Å². The maximum Gasteiger partial charge on any atom is 0.238 e. The number of ether oxygens (including phenoxy) is 1. The Morgan fingerprint density at radius 2 is 2.33 bits per heavy atom. The Morgan fingerprint density at radius 3 is 3.05 bits per heavy atom. The molecule has 116 valence electrons. The highest BCUT2D eigenvalue weighted by atomic mass is 16.5. The molecule has 0 aliphatic carbocycles. The number of nitrogens with zero attached hydrogens (tertiary/aromatic N) is 1. The van der Waals surface area contributed by atoms with Gasteiger partial charge in [-0.2, -0.15) is 0 Å². The predicted molar refractivity (Wildman–Crippen MR) is 84.8 cm³/mol. The molecule has 5 nitrogen and oxygen atoms in total. The van der Waals surface area contributed by atoms with Crippen molar-refractivity contribution in [3.05, 3.63) is 24.3 Å². The summed E-state index contributed by atoms with van der Waals surface area (Å²) in [5, 5.41) is 6.40. The number of nitrogens with one attached hydrogen (secondary N) is 2. The van der Waals surface area contributed by atoms with Crippen molar-refractivity contribution in [3.63, 3.8) is 0 Å². The summed E-state index contributed by atoms with van der Waals surface area (Å²) in [6, 6.07) is 7.91. The Hall–Kier alpha value is -1.59. The highest BCUT2D eigenvalue weighted by Gasteiger charge is 2.16. The number of anilines is 1. The van der Waals surface area contributed by atoms with Crippen molar-refractivity contribution in [2.24, 2.45) is 0 Å². The van der Waals surface area contributed by atoms with Gasteiger partial charge in [-0.3, -0.25) is 9.69 Å². The lowest BCUT2D eigenvalue weighted by atomic mass is 10.0. The molecule has 1 fully saturated rings. The Balaban J connectivity index is 1.77. The zero-order valence-electron chi connectivity index (χ0n) is 12.9. The van der Waals surface area contributed by atoms with Gasteiger partial charge in [0.25, 0.3) is 0 Å². The number of carbonyl (C=O) groups excluding carboxylic acids is 1. The van der Waals surface area contributed by atoms with Gasteiger partial charge in [0.05, 0.1) is 13.7 Å². The zero-order valence-corrected chi connectivity index (χ0v) is 12.9. The lowest BCUT2D eigenvalue weighted by Crippen LogP contribution is -2.44. The third kappa shape index (κ3) is 5.36. The van der Waals surface area contributed by atoms with Crippen LogP contribution in [0, 0.1) is 0 Å². The summed E-state index contributed by atoms with van der Waals surface area (Å²) in [6.45, 7) is 2.40. The standard InChI is InChI=1S/C16H25N3O2/c1-19(11-14-6-3-4-9-17-14)12-16(20)18-13-7-5-8-15(10-13)21-2/h5,7-8,10,14,17H,3-4,6,9,11-12H2,1-2H3,(H,18,20). The molecule has 0 radical (unpaired) electrons. The lowest BCUT2D eigenvalue weighted by Gasteiger charge is -2.27. The first-order valence-electron chi connectivity index (χ1n) is 7.53. The van der Waals surface area contributed by atoms with Gasteiger partial charge in [0.2, 0.25) is 5.91 Å². The van der Waals surface area contributed by atoms with E-state index in [9.17, 15) is 4.79 Å². The molecule has 1 aromatic rings. The Bertz CT molecular complexity index is 459. The Morgan fingerprint density at radius 1 is 1.48 bits per heavy atom. The van der Waals surface area contributed by atoms with Crippen molar-refractivity contribution in [2.45, 2.75) is 25.3 Å². The van der Waals surface area contributed by atoms with Crippen molar-refractivity contribution in [1.29, 1.82) is 0 Å². The molecule has 1 unspecified atom stereocenters. The summed E-state index contributed by atoms with van der Waals surface area (Å²) in [4.78, 5) is 14.1. The number of carbonyl (C=O) groups is 1. The van der Waals surface area contributed by atoms with E-state index >= 15 is 0 Å². The van der Waals surface area contributed by atoms with Gasteiger partial charge in [0.1, 0.15) is 5.75 Å². The van der Waals surface area contributed by atoms with E-state index in [1.54, 1.807) is 7.11 Å². The summed E-state index contributed by atoms with van der Waals surface area (Å²) in [6.07, 6.45) is 3.74. The monoisotopic (exact) mass is 291 g/mol. The number of hydrogen-bond donors (Lipinski definition) is 2. The van der Waals surface area contributed by atoms with Crippen LogP contribution >= 0.6 is 0 Å². The molecule has 0 spiro atoms. The van der Waals surface area contributed by atoms with Crippen LogP contribution in [-0.2, 0) is 4.79 Å². The maximum atomic E-state index is 12.1. The van der Waals surface area contributed by atoms with E-state index in [1.807, 2.05) is 31.3 Å². The third-order valence-electron chi connectivity index (χ3n) is 3.71. The van der Waals surface area contributed by atoms with Gasteiger partial charge in [-0.15, -0.1) is 0 Å². The largest absolute Gasteiger partial charge is 0.497 e.